The van der Waals surface area contributed by atoms with Gasteiger partial charge in [0.25, 0.3) is 5.91 Å². The highest BCUT2D eigenvalue weighted by Crippen LogP contribution is 2.31. The van der Waals surface area contributed by atoms with E-state index in [4.69, 9.17) is 21.1 Å². The van der Waals surface area contributed by atoms with E-state index >= 15 is 0 Å². The van der Waals surface area contributed by atoms with Crippen LogP contribution in [-0.2, 0) is 11.4 Å². The predicted molar refractivity (Wildman–Crippen MR) is 108 cm³/mol. The lowest BCUT2D eigenvalue weighted by molar-refractivity contribution is -0.117. The van der Waals surface area contributed by atoms with Crippen LogP contribution in [0.25, 0.3) is 6.08 Å². The van der Waals surface area contributed by atoms with E-state index in [9.17, 15) is 14.4 Å². The lowest BCUT2D eigenvalue weighted by Gasteiger charge is -2.13. The molecule has 1 saturated carbocycles. The molecule has 1 fully saturated rings. The van der Waals surface area contributed by atoms with Crippen LogP contribution < -0.4 is 14.8 Å². The molecular formula is C22H20ClFN2O3. The molecule has 0 aliphatic heterocycles. The Bertz CT molecular complexity index is 981. The van der Waals surface area contributed by atoms with Gasteiger partial charge in [-0.25, -0.2) is 4.39 Å². The van der Waals surface area contributed by atoms with Crippen molar-refractivity contribution in [1.82, 2.24) is 5.32 Å². The summed E-state index contributed by atoms with van der Waals surface area (Å²) in [7, 11) is 0. The van der Waals surface area contributed by atoms with Crippen molar-refractivity contribution in [3.05, 3.63) is 63.9 Å². The molecule has 1 N–H and O–H groups in total. The summed E-state index contributed by atoms with van der Waals surface area (Å²) in [6.45, 7) is 2.39. The molecule has 0 atom stereocenters. The Morgan fingerprint density at radius 2 is 2.07 bits per heavy atom. The van der Waals surface area contributed by atoms with Gasteiger partial charge >= 0.3 is 0 Å². The number of carbonyl (C=O) groups excluding carboxylic acids is 1. The fourth-order valence-electron chi connectivity index (χ4n) is 2.60. The lowest BCUT2D eigenvalue weighted by Crippen LogP contribution is -2.26. The van der Waals surface area contributed by atoms with Crippen LogP contribution in [-0.4, -0.2) is 18.6 Å². The van der Waals surface area contributed by atoms with E-state index in [1.807, 2.05) is 13.0 Å². The van der Waals surface area contributed by atoms with Crippen molar-refractivity contribution in [2.45, 2.75) is 32.4 Å². The average Bonchev–Trinajstić information content (AvgIpc) is 3.50. The minimum Gasteiger partial charge on any atom is -0.490 e. The Morgan fingerprint density at radius 3 is 2.72 bits per heavy atom. The molecule has 7 heteroatoms. The number of amides is 1. The van der Waals surface area contributed by atoms with Gasteiger partial charge in [0.05, 0.1) is 11.6 Å². The maximum Gasteiger partial charge on any atom is 0.262 e. The summed E-state index contributed by atoms with van der Waals surface area (Å²) in [5, 5.41) is 12.4. The second-order valence-corrected chi connectivity index (χ2v) is 6.99. The molecule has 2 aromatic carbocycles. The van der Waals surface area contributed by atoms with Crippen molar-refractivity contribution in [2.75, 3.05) is 6.61 Å². The van der Waals surface area contributed by atoms with Crippen LogP contribution in [0, 0.1) is 17.1 Å². The molecular weight excluding hydrogens is 395 g/mol. The normalized spacial score (nSPS) is 13.5. The van der Waals surface area contributed by atoms with Crippen LogP contribution in [0.1, 0.15) is 30.9 Å². The summed E-state index contributed by atoms with van der Waals surface area (Å²) in [6, 6.07) is 11.3. The van der Waals surface area contributed by atoms with Crippen LogP contribution in [0.4, 0.5) is 4.39 Å². The SMILES string of the molecule is CCOc1cc(/C=C(\C#N)C(=O)NC2CC2)ccc1OCc1ccc(F)cc1Cl. The van der Waals surface area contributed by atoms with Gasteiger partial charge < -0.3 is 14.8 Å². The second-order valence-electron chi connectivity index (χ2n) is 6.58. The fraction of sp³-hybridized carbons (Fsp3) is 0.273. The van der Waals surface area contributed by atoms with Gasteiger partial charge in [-0.1, -0.05) is 23.7 Å². The van der Waals surface area contributed by atoms with E-state index in [0.717, 1.165) is 12.8 Å². The maximum atomic E-state index is 13.2. The first-order chi connectivity index (χ1) is 14.0. The zero-order chi connectivity index (χ0) is 20.8. The third-order valence-electron chi connectivity index (χ3n) is 4.25. The van der Waals surface area contributed by atoms with Crippen molar-refractivity contribution >= 4 is 23.6 Å². The molecule has 0 radical (unpaired) electrons. The minimum atomic E-state index is -0.413. The minimum absolute atomic E-state index is 0.0334. The third-order valence-corrected chi connectivity index (χ3v) is 4.61. The summed E-state index contributed by atoms with van der Waals surface area (Å²) in [6.07, 6.45) is 3.41. The van der Waals surface area contributed by atoms with Gasteiger partial charge in [-0.3, -0.25) is 4.79 Å². The molecule has 1 amide bonds. The van der Waals surface area contributed by atoms with E-state index in [1.54, 1.807) is 24.3 Å². The molecule has 29 heavy (non-hydrogen) atoms. The van der Waals surface area contributed by atoms with Gasteiger partial charge in [0, 0.05) is 11.6 Å². The van der Waals surface area contributed by atoms with Crippen molar-refractivity contribution in [2.24, 2.45) is 0 Å². The molecule has 0 spiro atoms. The van der Waals surface area contributed by atoms with E-state index in [1.165, 1.54) is 18.2 Å². The molecule has 150 valence electrons. The highest BCUT2D eigenvalue weighted by atomic mass is 35.5. The molecule has 1 aliphatic rings. The van der Waals surface area contributed by atoms with Crippen molar-refractivity contribution in [3.63, 3.8) is 0 Å². The summed E-state index contributed by atoms with van der Waals surface area (Å²) < 4.78 is 24.6. The second kappa shape index (κ2) is 9.44. The van der Waals surface area contributed by atoms with Crippen molar-refractivity contribution in [3.8, 4) is 17.6 Å². The highest BCUT2D eigenvalue weighted by molar-refractivity contribution is 6.31. The zero-order valence-corrected chi connectivity index (χ0v) is 16.6. The molecule has 0 unspecified atom stereocenters. The highest BCUT2D eigenvalue weighted by Gasteiger charge is 2.24. The number of benzene rings is 2. The first-order valence-electron chi connectivity index (χ1n) is 9.26. The van der Waals surface area contributed by atoms with Gasteiger partial charge in [0.2, 0.25) is 0 Å². The number of nitrogens with one attached hydrogen (secondary N) is 1. The molecule has 3 rings (SSSR count). The molecule has 0 bridgehead atoms. The van der Waals surface area contributed by atoms with Gasteiger partial charge in [0.1, 0.15) is 24.1 Å². The topological polar surface area (TPSA) is 71.3 Å². The Labute approximate surface area is 173 Å². The quantitative estimate of drug-likeness (QED) is 0.504. The third kappa shape index (κ3) is 5.72. The molecule has 0 saturated heterocycles. The first-order valence-corrected chi connectivity index (χ1v) is 9.64. The van der Waals surface area contributed by atoms with Crippen LogP contribution in [0.3, 0.4) is 0 Å². The number of halogens is 2. The fourth-order valence-corrected chi connectivity index (χ4v) is 2.82. The van der Waals surface area contributed by atoms with Crippen LogP contribution in [0.5, 0.6) is 11.5 Å². The number of nitriles is 1. The molecule has 5 nitrogen and oxygen atoms in total. The number of carbonyl (C=O) groups is 1. The van der Waals surface area contributed by atoms with E-state index in [-0.39, 0.29) is 29.2 Å². The zero-order valence-electron chi connectivity index (χ0n) is 15.9. The van der Waals surface area contributed by atoms with Crippen molar-refractivity contribution < 1.29 is 18.7 Å². The van der Waals surface area contributed by atoms with Crippen LogP contribution >= 0.6 is 11.6 Å². The van der Waals surface area contributed by atoms with Gasteiger partial charge in [-0.2, -0.15) is 5.26 Å². The van der Waals surface area contributed by atoms with E-state index in [2.05, 4.69) is 5.32 Å². The number of ether oxygens (including phenoxy) is 2. The Kier molecular flexibility index (Phi) is 6.73. The number of hydrogen-bond donors (Lipinski definition) is 1. The lowest BCUT2D eigenvalue weighted by atomic mass is 10.1. The van der Waals surface area contributed by atoms with Gasteiger partial charge in [0.15, 0.2) is 11.5 Å². The first kappa shape index (κ1) is 20.7. The van der Waals surface area contributed by atoms with Gasteiger partial charge in [-0.05, 0) is 55.7 Å². The largest absolute Gasteiger partial charge is 0.490 e. The Balaban J connectivity index is 1.77. The molecule has 1 aliphatic carbocycles. The van der Waals surface area contributed by atoms with Crippen LogP contribution in [0.2, 0.25) is 5.02 Å². The number of hydrogen-bond acceptors (Lipinski definition) is 4. The summed E-state index contributed by atoms with van der Waals surface area (Å²) in [5.41, 5.74) is 1.32. The van der Waals surface area contributed by atoms with Crippen molar-refractivity contribution in [1.29, 1.82) is 5.26 Å². The van der Waals surface area contributed by atoms with E-state index < -0.39 is 5.82 Å². The Hall–Kier alpha value is -3.04. The van der Waals surface area contributed by atoms with E-state index in [0.29, 0.717) is 29.2 Å². The molecule has 2 aromatic rings. The average molecular weight is 415 g/mol. The Morgan fingerprint density at radius 1 is 1.28 bits per heavy atom. The predicted octanol–water partition coefficient (Wildman–Crippen LogP) is 4.64. The summed E-state index contributed by atoms with van der Waals surface area (Å²) in [5.74, 6) is 0.160. The maximum absolute atomic E-state index is 13.2. The summed E-state index contributed by atoms with van der Waals surface area (Å²) in [4.78, 5) is 12.1. The molecule has 0 aromatic heterocycles. The number of nitrogens with zero attached hydrogens (tertiary/aromatic N) is 1. The molecule has 0 heterocycles. The number of rotatable bonds is 8. The standard InChI is InChI=1S/C22H20ClFN2O3/c1-2-28-21-10-14(9-16(12-25)22(27)26-18-6-7-18)3-8-20(21)29-13-15-4-5-17(24)11-19(15)23/h3-5,8-11,18H,2,6-7,13H2,1H3,(H,26,27)/b16-9+. The monoisotopic (exact) mass is 414 g/mol. The van der Waals surface area contributed by atoms with Crippen LogP contribution in [0.15, 0.2) is 42.0 Å². The smallest absolute Gasteiger partial charge is 0.262 e. The summed E-state index contributed by atoms with van der Waals surface area (Å²) >= 11 is 6.04. The van der Waals surface area contributed by atoms with Gasteiger partial charge in [-0.15, -0.1) is 0 Å².